The summed E-state index contributed by atoms with van der Waals surface area (Å²) in [5.41, 5.74) is -0.817. The average Bonchev–Trinajstić information content (AvgIpc) is 2.43. The number of phenols is 1. The second-order valence-electron chi connectivity index (χ2n) is 4.86. The van der Waals surface area contributed by atoms with E-state index < -0.39 is 23.5 Å². The Hall–Kier alpha value is -0.470. The van der Waals surface area contributed by atoms with Gasteiger partial charge in [0.2, 0.25) is 0 Å². The van der Waals surface area contributed by atoms with E-state index in [0.29, 0.717) is 13.1 Å². The van der Waals surface area contributed by atoms with Crippen molar-refractivity contribution in [2.45, 2.75) is 12.2 Å². The van der Waals surface area contributed by atoms with Crippen LogP contribution >= 0.6 is 40.7 Å². The van der Waals surface area contributed by atoms with Crippen LogP contribution < -0.4 is 5.32 Å². The molecule has 1 atom stereocenters. The maximum Gasteiger partial charge on any atom is 0.420 e. The monoisotopic (exact) mass is 436 g/mol. The predicted octanol–water partition coefficient (Wildman–Crippen LogP) is 4.15. The largest absolute Gasteiger partial charge is 0.507 e. The van der Waals surface area contributed by atoms with Crippen LogP contribution in [-0.2, 0) is 6.18 Å². The van der Waals surface area contributed by atoms with Gasteiger partial charge in [0.15, 0.2) is 0 Å². The number of phenolic OH excluding ortho intramolecular Hbond substituents is 1. The van der Waals surface area contributed by atoms with E-state index in [1.807, 2.05) is 4.90 Å². The summed E-state index contributed by atoms with van der Waals surface area (Å²) in [6.07, 6.45) is -3.04. The minimum Gasteiger partial charge on any atom is -0.507 e. The first-order chi connectivity index (χ1) is 9.84. The molecule has 132 valence electrons. The molecule has 1 aliphatic heterocycles. The van der Waals surface area contributed by atoms with Gasteiger partial charge in [-0.05, 0) is 12.1 Å². The fourth-order valence-electron chi connectivity index (χ4n) is 2.49. The molecule has 1 saturated heterocycles. The molecule has 0 bridgehead atoms. The SMILES string of the molecule is C=C[C@@H](c1cc(Br)cc(C(F)(F)F)c1O)N1CCNCC1.Cl.Cl. The first-order valence-corrected chi connectivity index (χ1v) is 7.31. The predicted molar refractivity (Wildman–Crippen MR) is 92.7 cm³/mol. The first kappa shape index (κ1) is 22.5. The summed E-state index contributed by atoms with van der Waals surface area (Å²) in [6.45, 7) is 6.58. The Balaban J connectivity index is 0.00000242. The summed E-state index contributed by atoms with van der Waals surface area (Å²) in [5, 5.41) is 13.2. The molecule has 3 nitrogen and oxygen atoms in total. The molecule has 0 unspecified atom stereocenters. The van der Waals surface area contributed by atoms with E-state index in [2.05, 4.69) is 27.8 Å². The van der Waals surface area contributed by atoms with E-state index in [1.54, 1.807) is 6.08 Å². The van der Waals surface area contributed by atoms with E-state index in [9.17, 15) is 18.3 Å². The lowest BCUT2D eigenvalue weighted by molar-refractivity contribution is -0.138. The van der Waals surface area contributed by atoms with Gasteiger partial charge >= 0.3 is 6.18 Å². The van der Waals surface area contributed by atoms with Crippen molar-refractivity contribution >= 4 is 40.7 Å². The van der Waals surface area contributed by atoms with Gasteiger partial charge in [-0.1, -0.05) is 22.0 Å². The standard InChI is InChI=1S/C14H16BrF3N2O.2ClH/c1-2-12(20-5-3-19-4-6-20)10-7-9(15)8-11(13(10)21)14(16,17)18;;/h2,7-8,12,19,21H,1,3-6H2;2*1H/t12-;;/m0../s1. The van der Waals surface area contributed by atoms with Crippen molar-refractivity contribution in [2.24, 2.45) is 0 Å². The molecular weight excluding hydrogens is 420 g/mol. The fraction of sp³-hybridized carbons (Fsp3) is 0.429. The zero-order valence-corrected chi connectivity index (χ0v) is 15.3. The minimum absolute atomic E-state index is 0. The van der Waals surface area contributed by atoms with Crippen LogP contribution in [0.1, 0.15) is 17.2 Å². The lowest BCUT2D eigenvalue weighted by atomic mass is 10.00. The molecular formula is C14H18BrCl2F3N2O. The number of piperazine rings is 1. The molecule has 1 aliphatic rings. The maximum atomic E-state index is 13.0. The number of rotatable bonds is 3. The quantitative estimate of drug-likeness (QED) is 0.697. The smallest absolute Gasteiger partial charge is 0.420 e. The van der Waals surface area contributed by atoms with Crippen LogP contribution in [0, 0.1) is 0 Å². The van der Waals surface area contributed by atoms with Crippen LogP contribution in [0.25, 0.3) is 0 Å². The van der Waals surface area contributed by atoms with Gasteiger partial charge in [0.25, 0.3) is 0 Å². The van der Waals surface area contributed by atoms with Crippen LogP contribution in [0.3, 0.4) is 0 Å². The minimum atomic E-state index is -4.60. The molecule has 1 aromatic carbocycles. The zero-order chi connectivity index (χ0) is 15.6. The third kappa shape index (κ3) is 5.26. The molecule has 23 heavy (non-hydrogen) atoms. The van der Waals surface area contributed by atoms with Crippen molar-refractivity contribution in [3.05, 3.63) is 40.4 Å². The van der Waals surface area contributed by atoms with E-state index in [-0.39, 0.29) is 34.9 Å². The second kappa shape index (κ2) is 9.13. The third-order valence-corrected chi connectivity index (χ3v) is 3.95. The van der Waals surface area contributed by atoms with Gasteiger partial charge < -0.3 is 10.4 Å². The highest BCUT2D eigenvalue weighted by atomic mass is 79.9. The van der Waals surface area contributed by atoms with Gasteiger partial charge in [-0.15, -0.1) is 31.4 Å². The summed E-state index contributed by atoms with van der Waals surface area (Å²) in [5.74, 6) is -0.728. The number of benzene rings is 1. The number of alkyl halides is 3. The molecule has 0 aromatic heterocycles. The molecule has 9 heteroatoms. The summed E-state index contributed by atoms with van der Waals surface area (Å²) in [6, 6.07) is 1.95. The van der Waals surface area contributed by atoms with Crippen LogP contribution in [0.15, 0.2) is 29.3 Å². The van der Waals surface area contributed by atoms with Crippen molar-refractivity contribution in [3.63, 3.8) is 0 Å². The average molecular weight is 438 g/mol. The highest BCUT2D eigenvalue weighted by molar-refractivity contribution is 9.10. The molecule has 1 aromatic rings. The van der Waals surface area contributed by atoms with Crippen molar-refractivity contribution in [1.82, 2.24) is 10.2 Å². The summed E-state index contributed by atoms with van der Waals surface area (Å²) in [7, 11) is 0. The van der Waals surface area contributed by atoms with Gasteiger partial charge in [0.05, 0.1) is 11.6 Å². The third-order valence-electron chi connectivity index (χ3n) is 3.50. The number of aromatic hydroxyl groups is 1. The fourth-order valence-corrected chi connectivity index (χ4v) is 2.97. The second-order valence-corrected chi connectivity index (χ2v) is 5.77. The molecule has 1 fully saturated rings. The van der Waals surface area contributed by atoms with E-state index >= 15 is 0 Å². The normalized spacial score (nSPS) is 16.9. The molecule has 2 rings (SSSR count). The molecule has 0 amide bonds. The van der Waals surface area contributed by atoms with Crippen LogP contribution in [0.4, 0.5) is 13.2 Å². The van der Waals surface area contributed by atoms with Crippen LogP contribution in [-0.4, -0.2) is 36.2 Å². The van der Waals surface area contributed by atoms with Crippen LogP contribution in [0.2, 0.25) is 0 Å². The maximum absolute atomic E-state index is 13.0. The summed E-state index contributed by atoms with van der Waals surface area (Å²) in [4.78, 5) is 1.99. The van der Waals surface area contributed by atoms with Gasteiger partial charge in [-0.2, -0.15) is 13.2 Å². The highest BCUT2D eigenvalue weighted by Crippen LogP contribution is 2.42. The van der Waals surface area contributed by atoms with Crippen molar-refractivity contribution in [1.29, 1.82) is 0 Å². The Morgan fingerprint density at radius 2 is 1.83 bits per heavy atom. The van der Waals surface area contributed by atoms with E-state index in [0.717, 1.165) is 19.2 Å². The number of halogens is 6. The van der Waals surface area contributed by atoms with Crippen LogP contribution in [0.5, 0.6) is 5.75 Å². The van der Waals surface area contributed by atoms with E-state index in [1.165, 1.54) is 6.07 Å². The molecule has 0 aliphatic carbocycles. The van der Waals surface area contributed by atoms with Crippen molar-refractivity contribution in [2.75, 3.05) is 26.2 Å². The number of nitrogens with zero attached hydrogens (tertiary/aromatic N) is 1. The first-order valence-electron chi connectivity index (χ1n) is 6.51. The molecule has 0 saturated carbocycles. The van der Waals surface area contributed by atoms with Gasteiger partial charge in [-0.3, -0.25) is 4.90 Å². The number of hydrogen-bond acceptors (Lipinski definition) is 3. The Morgan fingerprint density at radius 1 is 1.26 bits per heavy atom. The van der Waals surface area contributed by atoms with Gasteiger partial charge in [0, 0.05) is 36.2 Å². The molecule has 1 heterocycles. The van der Waals surface area contributed by atoms with Crippen molar-refractivity contribution in [3.8, 4) is 5.75 Å². The number of hydrogen-bond donors (Lipinski definition) is 2. The van der Waals surface area contributed by atoms with Gasteiger partial charge in [0.1, 0.15) is 5.75 Å². The topological polar surface area (TPSA) is 35.5 Å². The lowest BCUT2D eigenvalue weighted by Gasteiger charge is -2.34. The van der Waals surface area contributed by atoms with E-state index in [4.69, 9.17) is 0 Å². The van der Waals surface area contributed by atoms with Gasteiger partial charge in [-0.25, -0.2) is 0 Å². The van der Waals surface area contributed by atoms with Crippen molar-refractivity contribution < 1.29 is 18.3 Å². The Kier molecular flexibility index (Phi) is 8.94. The molecule has 0 radical (unpaired) electrons. The molecule has 2 N–H and O–H groups in total. The summed E-state index contributed by atoms with van der Waals surface area (Å²) >= 11 is 3.08. The molecule has 0 spiro atoms. The number of nitrogens with one attached hydrogen (secondary N) is 1. The Bertz CT molecular complexity index is 537. The Morgan fingerprint density at radius 3 is 2.30 bits per heavy atom. The lowest BCUT2D eigenvalue weighted by Crippen LogP contribution is -2.44. The highest BCUT2D eigenvalue weighted by Gasteiger charge is 2.36. The Labute approximate surface area is 153 Å². The zero-order valence-electron chi connectivity index (χ0n) is 12.1. The summed E-state index contributed by atoms with van der Waals surface area (Å²) < 4.78 is 39.2.